The Hall–Kier alpha value is -1.56. The molecule has 6 nitrogen and oxygen atoms in total. The Bertz CT molecular complexity index is 325. The lowest BCUT2D eigenvalue weighted by molar-refractivity contribution is -0.123. The first-order chi connectivity index (χ1) is 7.76. The maximum atomic E-state index is 11.2. The number of nitrogens with zero attached hydrogens (tertiary/aromatic N) is 2. The molecule has 90 valence electrons. The first kappa shape index (κ1) is 12.5. The van der Waals surface area contributed by atoms with Crippen LogP contribution in [-0.2, 0) is 16.1 Å². The van der Waals surface area contributed by atoms with Gasteiger partial charge in [0.25, 0.3) is 5.91 Å². The van der Waals surface area contributed by atoms with Crippen molar-refractivity contribution in [3.63, 3.8) is 0 Å². The Morgan fingerprint density at radius 2 is 2.44 bits per heavy atom. The number of carbonyl (C=O) groups excluding carboxylic acids is 1. The fourth-order valence-electron chi connectivity index (χ4n) is 1.08. The van der Waals surface area contributed by atoms with Crippen LogP contribution in [-0.4, -0.2) is 42.6 Å². The predicted molar refractivity (Wildman–Crippen MR) is 58.3 cm³/mol. The molecular formula is C10H17N3O3. The van der Waals surface area contributed by atoms with Crippen LogP contribution >= 0.6 is 0 Å². The molecule has 0 aliphatic heterocycles. The van der Waals surface area contributed by atoms with Crippen LogP contribution in [0.5, 0.6) is 5.75 Å². The number of ether oxygens (including phenoxy) is 2. The highest BCUT2D eigenvalue weighted by Crippen LogP contribution is 2.07. The SMILES string of the molecule is CCn1cc(OCC(=O)NCCOC)cn1. The van der Waals surface area contributed by atoms with Crippen molar-refractivity contribution in [2.75, 3.05) is 26.9 Å². The van der Waals surface area contributed by atoms with Gasteiger partial charge in [0.2, 0.25) is 0 Å². The lowest BCUT2D eigenvalue weighted by atomic mass is 10.5. The van der Waals surface area contributed by atoms with Crippen LogP contribution in [0.4, 0.5) is 0 Å². The molecule has 0 aliphatic carbocycles. The van der Waals surface area contributed by atoms with E-state index in [0.717, 1.165) is 6.54 Å². The molecule has 0 spiro atoms. The van der Waals surface area contributed by atoms with E-state index in [9.17, 15) is 4.79 Å². The van der Waals surface area contributed by atoms with Gasteiger partial charge in [-0.15, -0.1) is 0 Å². The van der Waals surface area contributed by atoms with Gasteiger partial charge in [0.05, 0.1) is 19.0 Å². The molecule has 0 saturated heterocycles. The Kier molecular flexibility index (Phi) is 5.35. The molecule has 1 rings (SSSR count). The number of aryl methyl sites for hydroxylation is 1. The molecule has 1 aromatic rings. The third-order valence-corrected chi connectivity index (χ3v) is 1.93. The van der Waals surface area contributed by atoms with E-state index >= 15 is 0 Å². The summed E-state index contributed by atoms with van der Waals surface area (Å²) in [6.45, 7) is 3.75. The largest absolute Gasteiger partial charge is 0.480 e. The van der Waals surface area contributed by atoms with Crippen molar-refractivity contribution in [3.05, 3.63) is 12.4 Å². The first-order valence-corrected chi connectivity index (χ1v) is 5.17. The summed E-state index contributed by atoms with van der Waals surface area (Å²) in [5.41, 5.74) is 0. The molecule has 6 heteroatoms. The van der Waals surface area contributed by atoms with E-state index in [1.54, 1.807) is 24.2 Å². The molecule has 0 bridgehead atoms. The number of hydrogen-bond donors (Lipinski definition) is 1. The molecule has 1 N–H and O–H groups in total. The Morgan fingerprint density at radius 3 is 3.06 bits per heavy atom. The van der Waals surface area contributed by atoms with E-state index in [2.05, 4.69) is 10.4 Å². The summed E-state index contributed by atoms with van der Waals surface area (Å²) in [5, 5.41) is 6.69. The highest BCUT2D eigenvalue weighted by atomic mass is 16.5. The van der Waals surface area contributed by atoms with Crippen molar-refractivity contribution in [2.45, 2.75) is 13.5 Å². The molecule has 1 aromatic heterocycles. The maximum Gasteiger partial charge on any atom is 0.258 e. The maximum absolute atomic E-state index is 11.2. The van der Waals surface area contributed by atoms with E-state index in [-0.39, 0.29) is 12.5 Å². The van der Waals surface area contributed by atoms with Crippen LogP contribution in [0.15, 0.2) is 12.4 Å². The molecule has 0 radical (unpaired) electrons. The number of methoxy groups -OCH3 is 1. The summed E-state index contributed by atoms with van der Waals surface area (Å²) in [4.78, 5) is 11.2. The van der Waals surface area contributed by atoms with Crippen LogP contribution in [0, 0.1) is 0 Å². The van der Waals surface area contributed by atoms with Crippen LogP contribution in [0.25, 0.3) is 0 Å². The van der Waals surface area contributed by atoms with Gasteiger partial charge in [0.15, 0.2) is 12.4 Å². The van der Waals surface area contributed by atoms with Crippen molar-refractivity contribution >= 4 is 5.91 Å². The minimum Gasteiger partial charge on any atom is -0.480 e. The minimum absolute atomic E-state index is 0.000871. The zero-order chi connectivity index (χ0) is 11.8. The molecule has 0 fully saturated rings. The Morgan fingerprint density at radius 1 is 1.62 bits per heavy atom. The molecule has 0 aliphatic rings. The Labute approximate surface area is 94.5 Å². The number of nitrogens with one attached hydrogen (secondary N) is 1. The van der Waals surface area contributed by atoms with Crippen LogP contribution in [0.1, 0.15) is 6.92 Å². The fraction of sp³-hybridized carbons (Fsp3) is 0.600. The average Bonchev–Trinajstić information content (AvgIpc) is 2.74. The van der Waals surface area contributed by atoms with Crippen molar-refractivity contribution in [2.24, 2.45) is 0 Å². The molecule has 0 saturated carbocycles. The molecular weight excluding hydrogens is 210 g/mol. The van der Waals surface area contributed by atoms with Crippen molar-refractivity contribution < 1.29 is 14.3 Å². The summed E-state index contributed by atoms with van der Waals surface area (Å²) in [5.74, 6) is 0.435. The second-order valence-corrected chi connectivity index (χ2v) is 3.16. The summed E-state index contributed by atoms with van der Waals surface area (Å²) in [7, 11) is 1.59. The van der Waals surface area contributed by atoms with Crippen LogP contribution < -0.4 is 10.1 Å². The predicted octanol–water partition coefficient (Wildman–Crippen LogP) is 0.0444. The zero-order valence-corrected chi connectivity index (χ0v) is 9.60. The van der Waals surface area contributed by atoms with E-state index in [0.29, 0.717) is 18.9 Å². The molecule has 0 unspecified atom stereocenters. The van der Waals surface area contributed by atoms with Crippen molar-refractivity contribution in [3.8, 4) is 5.75 Å². The van der Waals surface area contributed by atoms with Gasteiger partial charge in [-0.2, -0.15) is 5.10 Å². The number of carbonyl (C=O) groups is 1. The Balaban J connectivity index is 2.20. The average molecular weight is 227 g/mol. The minimum atomic E-state index is -0.165. The standard InChI is InChI=1S/C10H17N3O3/c1-3-13-7-9(6-12-13)16-8-10(14)11-4-5-15-2/h6-7H,3-5,8H2,1-2H3,(H,11,14). The van der Waals surface area contributed by atoms with E-state index in [4.69, 9.17) is 9.47 Å². The van der Waals surface area contributed by atoms with E-state index in [1.807, 2.05) is 6.92 Å². The summed E-state index contributed by atoms with van der Waals surface area (Å²) in [6, 6.07) is 0. The third kappa shape index (κ3) is 4.31. The highest BCUT2D eigenvalue weighted by molar-refractivity contribution is 5.77. The van der Waals surface area contributed by atoms with Crippen molar-refractivity contribution in [1.82, 2.24) is 15.1 Å². The van der Waals surface area contributed by atoms with Gasteiger partial charge in [0.1, 0.15) is 0 Å². The molecule has 16 heavy (non-hydrogen) atoms. The second-order valence-electron chi connectivity index (χ2n) is 3.16. The topological polar surface area (TPSA) is 65.4 Å². The third-order valence-electron chi connectivity index (χ3n) is 1.93. The van der Waals surface area contributed by atoms with Gasteiger partial charge in [-0.25, -0.2) is 0 Å². The second kappa shape index (κ2) is 6.84. The fourth-order valence-corrected chi connectivity index (χ4v) is 1.08. The smallest absolute Gasteiger partial charge is 0.258 e. The van der Waals surface area contributed by atoms with Gasteiger partial charge >= 0.3 is 0 Å². The number of rotatable bonds is 7. The van der Waals surface area contributed by atoms with E-state index < -0.39 is 0 Å². The quantitative estimate of drug-likeness (QED) is 0.668. The molecule has 0 aromatic carbocycles. The number of aromatic nitrogens is 2. The first-order valence-electron chi connectivity index (χ1n) is 5.17. The van der Waals surface area contributed by atoms with Gasteiger partial charge in [-0.05, 0) is 6.92 Å². The zero-order valence-electron chi connectivity index (χ0n) is 9.60. The van der Waals surface area contributed by atoms with Crippen LogP contribution in [0.3, 0.4) is 0 Å². The normalized spacial score (nSPS) is 10.1. The molecule has 1 amide bonds. The van der Waals surface area contributed by atoms with Gasteiger partial charge in [-0.3, -0.25) is 9.48 Å². The lowest BCUT2D eigenvalue weighted by Gasteiger charge is -2.04. The molecule has 1 heterocycles. The highest BCUT2D eigenvalue weighted by Gasteiger charge is 2.03. The summed E-state index contributed by atoms with van der Waals surface area (Å²) >= 11 is 0. The van der Waals surface area contributed by atoms with E-state index in [1.165, 1.54) is 0 Å². The van der Waals surface area contributed by atoms with Gasteiger partial charge < -0.3 is 14.8 Å². The van der Waals surface area contributed by atoms with Gasteiger partial charge in [0, 0.05) is 20.2 Å². The molecule has 0 atom stereocenters. The number of hydrogen-bond acceptors (Lipinski definition) is 4. The van der Waals surface area contributed by atoms with Crippen molar-refractivity contribution in [1.29, 1.82) is 0 Å². The summed E-state index contributed by atoms with van der Waals surface area (Å²) in [6.07, 6.45) is 3.34. The summed E-state index contributed by atoms with van der Waals surface area (Å²) < 4.78 is 11.8. The van der Waals surface area contributed by atoms with Gasteiger partial charge in [-0.1, -0.05) is 0 Å². The number of amides is 1. The lowest BCUT2D eigenvalue weighted by Crippen LogP contribution is -2.31. The van der Waals surface area contributed by atoms with Crippen LogP contribution in [0.2, 0.25) is 0 Å². The monoisotopic (exact) mass is 227 g/mol.